The third-order valence-corrected chi connectivity index (χ3v) is 5.12. The number of nitrogens with one attached hydrogen (secondary N) is 1. The highest BCUT2D eigenvalue weighted by Crippen LogP contribution is 2.37. The Hall–Kier alpha value is -3.83. The maximum absolute atomic E-state index is 13.4. The van der Waals surface area contributed by atoms with Gasteiger partial charge in [-0.3, -0.25) is 19.0 Å². The lowest BCUT2D eigenvalue weighted by atomic mass is 10.00. The molecule has 0 aliphatic rings. The summed E-state index contributed by atoms with van der Waals surface area (Å²) < 4.78 is 79.7. The van der Waals surface area contributed by atoms with Crippen LogP contribution in [0.25, 0.3) is 10.8 Å². The van der Waals surface area contributed by atoms with Crippen LogP contribution in [0.4, 0.5) is 32.2 Å². The van der Waals surface area contributed by atoms with Gasteiger partial charge in [0.1, 0.15) is 11.9 Å². The topological polar surface area (TPSA) is 94.2 Å². The molecule has 2 amide bonds. The quantitative estimate of drug-likeness (QED) is 0.529. The number of alkyl halides is 6. The minimum absolute atomic E-state index is 0.0657. The monoisotopic (exact) mass is 485 g/mol. The fourth-order valence-corrected chi connectivity index (χ4v) is 3.41. The number of nitrogens with two attached hydrogens (primary N) is 1. The van der Waals surface area contributed by atoms with Gasteiger partial charge in [-0.05, 0) is 42.1 Å². The van der Waals surface area contributed by atoms with Crippen LogP contribution in [0, 0.1) is 0 Å². The smallest absolute Gasteiger partial charge is 0.368 e. The second kappa shape index (κ2) is 8.84. The van der Waals surface area contributed by atoms with Gasteiger partial charge in [-0.2, -0.15) is 26.3 Å². The van der Waals surface area contributed by atoms with E-state index < -0.39 is 58.9 Å². The van der Waals surface area contributed by atoms with E-state index >= 15 is 0 Å². The average molecular weight is 485 g/mol. The minimum atomic E-state index is -5.15. The lowest BCUT2D eigenvalue weighted by molar-refractivity contribution is -0.143. The van der Waals surface area contributed by atoms with Gasteiger partial charge in [-0.1, -0.05) is 24.3 Å². The highest BCUT2D eigenvalue weighted by atomic mass is 19.4. The Labute approximate surface area is 188 Å². The number of pyridine rings is 1. The Bertz CT molecular complexity index is 1330. The van der Waals surface area contributed by atoms with Crippen LogP contribution in [0.1, 0.15) is 29.7 Å². The van der Waals surface area contributed by atoms with Crippen molar-refractivity contribution in [2.75, 3.05) is 5.32 Å². The van der Waals surface area contributed by atoms with Gasteiger partial charge in [0.25, 0.3) is 5.56 Å². The molecule has 0 bridgehead atoms. The third kappa shape index (κ3) is 5.05. The Morgan fingerprint density at radius 2 is 1.65 bits per heavy atom. The summed E-state index contributed by atoms with van der Waals surface area (Å²) in [6.07, 6.45) is -11.1. The molecule has 12 heteroatoms. The number of carbonyl (C=O) groups excluding carboxylic acids is 2. The van der Waals surface area contributed by atoms with E-state index in [-0.39, 0.29) is 17.3 Å². The van der Waals surface area contributed by atoms with Gasteiger partial charge in [-0.15, -0.1) is 0 Å². The predicted molar refractivity (Wildman–Crippen MR) is 111 cm³/mol. The van der Waals surface area contributed by atoms with E-state index in [1.165, 1.54) is 19.1 Å². The lowest BCUT2D eigenvalue weighted by Crippen LogP contribution is -2.34. The second-order valence-corrected chi connectivity index (χ2v) is 7.46. The van der Waals surface area contributed by atoms with E-state index in [0.717, 1.165) is 4.57 Å². The number of rotatable bonds is 5. The van der Waals surface area contributed by atoms with Crippen LogP contribution >= 0.6 is 0 Å². The third-order valence-electron chi connectivity index (χ3n) is 5.12. The minimum Gasteiger partial charge on any atom is -0.368 e. The van der Waals surface area contributed by atoms with Gasteiger partial charge < -0.3 is 11.1 Å². The largest absolute Gasteiger partial charge is 0.416 e. The van der Waals surface area contributed by atoms with Gasteiger partial charge >= 0.3 is 12.4 Å². The van der Waals surface area contributed by atoms with E-state index in [0.29, 0.717) is 17.5 Å². The van der Waals surface area contributed by atoms with Crippen molar-refractivity contribution in [2.24, 2.45) is 5.73 Å². The summed E-state index contributed by atoms with van der Waals surface area (Å²) in [6.45, 7) is 1.30. The van der Waals surface area contributed by atoms with Crippen LogP contribution < -0.4 is 16.6 Å². The number of nitrogens with zero attached hydrogens (tertiary/aromatic N) is 1. The number of benzene rings is 2. The van der Waals surface area contributed by atoms with Gasteiger partial charge in [0.05, 0.1) is 17.5 Å². The summed E-state index contributed by atoms with van der Waals surface area (Å²) in [4.78, 5) is 37.2. The maximum atomic E-state index is 13.4. The van der Waals surface area contributed by atoms with Gasteiger partial charge in [0, 0.05) is 5.39 Å². The molecule has 0 radical (unpaired) electrons. The number of amides is 2. The molecular weight excluding hydrogens is 468 g/mol. The Kier molecular flexibility index (Phi) is 6.45. The summed E-state index contributed by atoms with van der Waals surface area (Å²) >= 11 is 0. The zero-order valence-electron chi connectivity index (χ0n) is 17.4. The first-order valence-electron chi connectivity index (χ1n) is 9.71. The highest BCUT2D eigenvalue weighted by molar-refractivity contribution is 5.95. The van der Waals surface area contributed by atoms with Gasteiger partial charge in [0.2, 0.25) is 11.8 Å². The van der Waals surface area contributed by atoms with Crippen LogP contribution in [0.2, 0.25) is 0 Å². The SMILES string of the molecule is C[C@H](C(N)=O)n1c(NC(=O)Cc2ccc(C(F)(F)F)cc2C(F)(F)F)cc2ccccc2c1=O. The number of hydrogen-bond donors (Lipinski definition) is 2. The first-order chi connectivity index (χ1) is 15.7. The average Bonchev–Trinajstić information content (AvgIpc) is 2.72. The first-order valence-corrected chi connectivity index (χ1v) is 9.71. The number of hydrogen-bond acceptors (Lipinski definition) is 3. The van der Waals surface area contributed by atoms with Crippen LogP contribution in [-0.2, 0) is 28.4 Å². The Balaban J connectivity index is 2.03. The van der Waals surface area contributed by atoms with Crippen LogP contribution in [-0.4, -0.2) is 16.4 Å². The van der Waals surface area contributed by atoms with E-state index in [2.05, 4.69) is 5.32 Å². The molecule has 1 aromatic heterocycles. The van der Waals surface area contributed by atoms with Crippen molar-refractivity contribution < 1.29 is 35.9 Å². The van der Waals surface area contributed by atoms with E-state index in [1.54, 1.807) is 18.2 Å². The van der Waals surface area contributed by atoms with Gasteiger partial charge in [-0.25, -0.2) is 0 Å². The number of aromatic nitrogens is 1. The zero-order valence-corrected chi connectivity index (χ0v) is 17.4. The first kappa shape index (κ1) is 24.8. The molecule has 0 spiro atoms. The molecule has 0 aliphatic carbocycles. The molecule has 180 valence electrons. The molecule has 0 saturated heterocycles. The van der Waals surface area contributed by atoms with Crippen LogP contribution in [0.15, 0.2) is 53.3 Å². The number of anilines is 1. The molecular formula is C22H17F6N3O3. The number of carbonyl (C=O) groups is 2. The summed E-state index contributed by atoms with van der Waals surface area (Å²) in [5.74, 6) is -2.17. The van der Waals surface area contributed by atoms with E-state index in [4.69, 9.17) is 5.73 Å². The standard InChI is InChI=1S/C22H17F6N3O3/c1-11(19(29)33)31-17(8-12-4-2-3-5-15(12)20(31)34)30-18(32)9-13-6-7-14(21(23,24)25)10-16(13)22(26,27)28/h2-8,10-11H,9H2,1H3,(H2,29,33)(H,30,32)/t11-/m1/s1. The summed E-state index contributed by atoms with van der Waals surface area (Å²) in [5.41, 5.74) is 0.795. The van der Waals surface area contributed by atoms with Crippen molar-refractivity contribution in [3.05, 3.63) is 75.6 Å². The van der Waals surface area contributed by atoms with Crippen molar-refractivity contribution in [3.8, 4) is 0 Å². The summed E-state index contributed by atoms with van der Waals surface area (Å²) in [5, 5.41) is 2.86. The molecule has 3 N–H and O–H groups in total. The molecule has 0 aliphatic heterocycles. The molecule has 0 saturated carbocycles. The molecule has 34 heavy (non-hydrogen) atoms. The highest BCUT2D eigenvalue weighted by Gasteiger charge is 2.38. The van der Waals surface area contributed by atoms with Crippen LogP contribution in [0.3, 0.4) is 0 Å². The Morgan fingerprint density at radius 1 is 1.00 bits per heavy atom. The summed E-state index contributed by atoms with van der Waals surface area (Å²) in [7, 11) is 0. The molecule has 0 fully saturated rings. The van der Waals surface area contributed by atoms with Crippen LogP contribution in [0.5, 0.6) is 0 Å². The zero-order chi connectivity index (χ0) is 25.4. The molecule has 3 aromatic rings. The number of fused-ring (bicyclic) bond motifs is 1. The van der Waals surface area contributed by atoms with Crippen molar-refractivity contribution in [1.29, 1.82) is 0 Å². The van der Waals surface area contributed by atoms with Gasteiger partial charge in [0.15, 0.2) is 0 Å². The predicted octanol–water partition coefficient (Wildman–Crippen LogP) is 4.27. The molecule has 1 atom stereocenters. The number of halogens is 6. The van der Waals surface area contributed by atoms with Crippen molar-refractivity contribution in [2.45, 2.75) is 31.7 Å². The molecule has 3 rings (SSSR count). The fraction of sp³-hybridized carbons (Fsp3) is 0.227. The second-order valence-electron chi connectivity index (χ2n) is 7.46. The summed E-state index contributed by atoms with van der Waals surface area (Å²) in [6, 6.07) is 7.27. The van der Waals surface area contributed by atoms with Crippen molar-refractivity contribution >= 4 is 28.4 Å². The molecule has 1 heterocycles. The van der Waals surface area contributed by atoms with Crippen molar-refractivity contribution in [3.63, 3.8) is 0 Å². The molecule has 2 aromatic carbocycles. The Morgan fingerprint density at radius 3 is 2.24 bits per heavy atom. The normalized spacial score (nSPS) is 13.0. The lowest BCUT2D eigenvalue weighted by Gasteiger charge is -2.20. The van der Waals surface area contributed by atoms with E-state index in [1.807, 2.05) is 0 Å². The fourth-order valence-electron chi connectivity index (χ4n) is 3.41. The van der Waals surface area contributed by atoms with E-state index in [9.17, 15) is 40.7 Å². The maximum Gasteiger partial charge on any atom is 0.416 e. The molecule has 6 nitrogen and oxygen atoms in total. The number of primary amides is 1. The van der Waals surface area contributed by atoms with Crippen molar-refractivity contribution in [1.82, 2.24) is 4.57 Å². The molecule has 0 unspecified atom stereocenters.